The largest absolute Gasteiger partial charge is 0.468 e. The summed E-state index contributed by atoms with van der Waals surface area (Å²) >= 11 is 1.68. The Bertz CT molecular complexity index is 255. The highest BCUT2D eigenvalue weighted by molar-refractivity contribution is 8.01. The van der Waals surface area contributed by atoms with Crippen molar-refractivity contribution in [3.63, 3.8) is 0 Å². The third-order valence-electron chi connectivity index (χ3n) is 2.57. The van der Waals surface area contributed by atoms with E-state index in [2.05, 4.69) is 16.8 Å². The first kappa shape index (κ1) is 12.4. The molecule has 86 valence electrons. The number of hydrogen-bond donors (Lipinski definition) is 1. The fraction of sp³-hybridized carbons (Fsp3) is 0.800. The van der Waals surface area contributed by atoms with Gasteiger partial charge in [-0.05, 0) is 6.42 Å². The van der Waals surface area contributed by atoms with Crippen molar-refractivity contribution in [1.29, 1.82) is 0 Å². The summed E-state index contributed by atoms with van der Waals surface area (Å²) in [5.41, 5.74) is 0.584. The van der Waals surface area contributed by atoms with Gasteiger partial charge in [-0.25, -0.2) is 0 Å². The van der Waals surface area contributed by atoms with Crippen LogP contribution in [0, 0.1) is 5.92 Å². The summed E-state index contributed by atoms with van der Waals surface area (Å²) in [6.07, 6.45) is 3.16. The number of carbonyl (C=O) groups excluding carboxylic acids is 1. The molecule has 15 heavy (non-hydrogen) atoms. The van der Waals surface area contributed by atoms with E-state index in [4.69, 9.17) is 5.21 Å². The van der Waals surface area contributed by atoms with Crippen LogP contribution in [-0.4, -0.2) is 35.0 Å². The number of esters is 1. The summed E-state index contributed by atoms with van der Waals surface area (Å²) in [5, 5.41) is 12.4. The van der Waals surface area contributed by atoms with Gasteiger partial charge in [0.2, 0.25) is 0 Å². The van der Waals surface area contributed by atoms with Crippen LogP contribution in [0.15, 0.2) is 5.16 Å². The molecule has 1 heterocycles. The Kier molecular flexibility index (Phi) is 4.94. The van der Waals surface area contributed by atoms with Crippen LogP contribution in [0.5, 0.6) is 0 Å². The van der Waals surface area contributed by atoms with Crippen molar-refractivity contribution in [3.8, 4) is 0 Å². The topological polar surface area (TPSA) is 58.9 Å². The van der Waals surface area contributed by atoms with E-state index in [1.807, 2.05) is 0 Å². The summed E-state index contributed by atoms with van der Waals surface area (Å²) in [4.78, 5) is 11.4. The lowest BCUT2D eigenvalue weighted by Crippen LogP contribution is -2.27. The average Bonchev–Trinajstić information content (AvgIpc) is 2.67. The van der Waals surface area contributed by atoms with Gasteiger partial charge in [0.15, 0.2) is 0 Å². The van der Waals surface area contributed by atoms with Crippen molar-refractivity contribution in [3.05, 3.63) is 0 Å². The van der Waals surface area contributed by atoms with Crippen LogP contribution in [0.1, 0.15) is 26.2 Å². The Hall–Kier alpha value is -0.710. The molecular formula is C10H17NO3S. The van der Waals surface area contributed by atoms with Gasteiger partial charge in [0.05, 0.1) is 12.8 Å². The molecule has 1 fully saturated rings. The van der Waals surface area contributed by atoms with Gasteiger partial charge in [0.1, 0.15) is 5.92 Å². The highest BCUT2D eigenvalue weighted by Crippen LogP contribution is 2.33. The zero-order chi connectivity index (χ0) is 11.3. The second kappa shape index (κ2) is 6.00. The summed E-state index contributed by atoms with van der Waals surface area (Å²) < 4.78 is 4.67. The molecule has 1 saturated heterocycles. The third kappa shape index (κ3) is 2.87. The minimum Gasteiger partial charge on any atom is -0.468 e. The first-order chi connectivity index (χ1) is 7.24. The summed E-state index contributed by atoms with van der Waals surface area (Å²) in [7, 11) is 1.36. The molecule has 0 aromatic carbocycles. The zero-order valence-electron chi connectivity index (χ0n) is 9.10. The predicted octanol–water partition coefficient (Wildman–Crippen LogP) is 1.91. The fourth-order valence-corrected chi connectivity index (χ4v) is 3.14. The number of ether oxygens (including phenoxy) is 1. The van der Waals surface area contributed by atoms with Crippen LogP contribution in [0.3, 0.4) is 0 Å². The zero-order valence-corrected chi connectivity index (χ0v) is 9.92. The Labute approximate surface area is 94.1 Å². The molecule has 1 aliphatic heterocycles. The second-order valence-electron chi connectivity index (χ2n) is 3.56. The highest BCUT2D eigenvalue weighted by atomic mass is 32.2. The van der Waals surface area contributed by atoms with Gasteiger partial charge in [-0.3, -0.25) is 4.79 Å². The molecule has 1 rings (SSSR count). The maximum absolute atomic E-state index is 11.4. The van der Waals surface area contributed by atoms with Crippen molar-refractivity contribution < 1.29 is 14.7 Å². The van der Waals surface area contributed by atoms with Crippen LogP contribution in [0.4, 0.5) is 0 Å². The van der Waals surface area contributed by atoms with E-state index in [0.717, 1.165) is 19.3 Å². The average molecular weight is 231 g/mol. The van der Waals surface area contributed by atoms with Crippen LogP contribution in [-0.2, 0) is 9.53 Å². The van der Waals surface area contributed by atoms with Crippen LogP contribution in [0.25, 0.3) is 0 Å². The molecule has 5 heteroatoms. The van der Waals surface area contributed by atoms with Gasteiger partial charge in [0.25, 0.3) is 0 Å². The lowest BCUT2D eigenvalue weighted by Gasteiger charge is -2.10. The summed E-state index contributed by atoms with van der Waals surface area (Å²) in [6, 6.07) is 0. The van der Waals surface area contributed by atoms with Crippen LogP contribution >= 0.6 is 11.8 Å². The van der Waals surface area contributed by atoms with E-state index >= 15 is 0 Å². The number of nitrogens with zero attached hydrogens (tertiary/aromatic N) is 1. The van der Waals surface area contributed by atoms with E-state index in [-0.39, 0.29) is 17.1 Å². The first-order valence-electron chi connectivity index (χ1n) is 5.15. The Morgan fingerprint density at radius 3 is 3.00 bits per heavy atom. The van der Waals surface area contributed by atoms with Gasteiger partial charge in [-0.15, -0.1) is 0 Å². The Morgan fingerprint density at radius 1 is 1.73 bits per heavy atom. The van der Waals surface area contributed by atoms with Gasteiger partial charge in [-0.1, -0.05) is 24.9 Å². The maximum atomic E-state index is 11.4. The van der Waals surface area contributed by atoms with Crippen molar-refractivity contribution in [1.82, 2.24) is 0 Å². The standard InChI is InChI=1S/C10H17NO3S/c1-3-4-5-8-9(11-13)7(6-15-8)10(12)14-2/h7-8,13H,3-6H2,1-2H3. The number of rotatable bonds is 4. The third-order valence-corrected chi connectivity index (χ3v) is 3.98. The lowest BCUT2D eigenvalue weighted by atomic mass is 10.0. The molecule has 1 N–H and O–H groups in total. The highest BCUT2D eigenvalue weighted by Gasteiger charge is 2.38. The minimum atomic E-state index is -0.355. The molecule has 0 radical (unpaired) electrons. The van der Waals surface area contributed by atoms with E-state index in [9.17, 15) is 4.79 Å². The number of oxime groups is 1. The SMILES string of the molecule is CCCCC1SCC(C(=O)OC)C1=NO. The number of carbonyl (C=O) groups is 1. The van der Waals surface area contributed by atoms with Crippen molar-refractivity contribution in [2.75, 3.05) is 12.9 Å². The number of methoxy groups -OCH3 is 1. The van der Waals surface area contributed by atoms with Crippen LogP contribution < -0.4 is 0 Å². The lowest BCUT2D eigenvalue weighted by molar-refractivity contribution is -0.142. The van der Waals surface area contributed by atoms with Crippen LogP contribution in [0.2, 0.25) is 0 Å². The molecule has 0 spiro atoms. The molecule has 0 amide bonds. The van der Waals surface area contributed by atoms with Gasteiger partial charge in [-0.2, -0.15) is 11.8 Å². The van der Waals surface area contributed by atoms with E-state index in [0.29, 0.717) is 11.5 Å². The fourth-order valence-electron chi connectivity index (χ4n) is 1.69. The molecule has 1 aliphatic rings. The Morgan fingerprint density at radius 2 is 2.47 bits per heavy atom. The quantitative estimate of drug-likeness (QED) is 0.456. The molecule has 0 aromatic heterocycles. The molecular weight excluding hydrogens is 214 g/mol. The molecule has 0 bridgehead atoms. The maximum Gasteiger partial charge on any atom is 0.315 e. The van der Waals surface area contributed by atoms with Gasteiger partial charge >= 0.3 is 5.97 Å². The molecule has 2 atom stereocenters. The predicted molar refractivity (Wildman–Crippen MR) is 60.5 cm³/mol. The number of unbranched alkanes of at least 4 members (excludes halogenated alkanes) is 1. The van der Waals surface area contributed by atoms with Crippen molar-refractivity contribution >= 4 is 23.4 Å². The molecule has 0 aliphatic carbocycles. The molecule has 4 nitrogen and oxygen atoms in total. The normalized spacial score (nSPS) is 28.3. The summed E-state index contributed by atoms with van der Waals surface area (Å²) in [5.74, 6) is 0.0154. The van der Waals surface area contributed by atoms with Gasteiger partial charge in [0, 0.05) is 11.0 Å². The minimum absolute atomic E-state index is 0.180. The van der Waals surface area contributed by atoms with E-state index < -0.39 is 0 Å². The molecule has 0 aromatic rings. The Balaban J connectivity index is 2.62. The smallest absolute Gasteiger partial charge is 0.315 e. The molecule has 0 saturated carbocycles. The van der Waals surface area contributed by atoms with E-state index in [1.165, 1.54) is 7.11 Å². The van der Waals surface area contributed by atoms with Crippen molar-refractivity contribution in [2.45, 2.75) is 31.4 Å². The first-order valence-corrected chi connectivity index (χ1v) is 6.20. The molecule has 2 unspecified atom stereocenters. The van der Waals surface area contributed by atoms with Crippen molar-refractivity contribution in [2.24, 2.45) is 11.1 Å². The monoisotopic (exact) mass is 231 g/mol. The summed E-state index contributed by atoms with van der Waals surface area (Å²) in [6.45, 7) is 2.12. The number of hydrogen-bond acceptors (Lipinski definition) is 5. The number of thioether (sulfide) groups is 1. The van der Waals surface area contributed by atoms with Gasteiger partial charge < -0.3 is 9.94 Å². The van der Waals surface area contributed by atoms with E-state index in [1.54, 1.807) is 11.8 Å². The second-order valence-corrected chi connectivity index (χ2v) is 4.80.